The van der Waals surface area contributed by atoms with Crippen molar-refractivity contribution in [3.8, 4) is 0 Å². The van der Waals surface area contributed by atoms with Crippen LogP contribution in [0, 0.1) is 0 Å². The van der Waals surface area contributed by atoms with Crippen molar-refractivity contribution in [2.75, 3.05) is 26.7 Å². The summed E-state index contributed by atoms with van der Waals surface area (Å²) in [6.07, 6.45) is 0.167. The molecule has 0 saturated carbocycles. The lowest BCUT2D eigenvalue weighted by Crippen LogP contribution is -2.59. The molecule has 0 aromatic rings. The Hall–Kier alpha value is 0.777. The van der Waals surface area contributed by atoms with Gasteiger partial charge in [-0.25, -0.2) is 0 Å². The van der Waals surface area contributed by atoms with Crippen LogP contribution in [0.1, 0.15) is 6.42 Å². The first-order chi connectivity index (χ1) is 49.5. The zero-order chi connectivity index (χ0) is 85.0. The van der Waals surface area contributed by atoms with Gasteiger partial charge in [0, 0.05) is 20.2 Å². The Morgan fingerprint density at radius 1 is 0.250 bits per heavy atom. The largest absolute Gasteiger partial charge is 0.417 e. The molecule has 0 amide bonds. The van der Waals surface area contributed by atoms with E-state index in [-0.39, 0.29) is 31.5 Å². The highest BCUT2D eigenvalue weighted by Gasteiger charge is 2.62. The minimum Gasteiger partial charge on any atom is -0.417 e. The Balaban J connectivity index is 6.03. The average Bonchev–Trinajstić information content (AvgIpc) is 0.822. The van der Waals surface area contributed by atoms with Crippen LogP contribution in [0.5, 0.6) is 0 Å². The highest BCUT2D eigenvalue weighted by atomic mass is 30.2. The molecule has 0 heterocycles. The Morgan fingerprint density at radius 2 is 0.389 bits per heavy atom. The molecule has 552 valence electrons. The van der Waals surface area contributed by atoms with Crippen LogP contribution in [-0.2, 0) is 219 Å². The molecule has 1 atom stereocenters. The van der Waals surface area contributed by atoms with Crippen molar-refractivity contribution in [3.63, 3.8) is 0 Å². The highest BCUT2D eigenvalue weighted by Crippen LogP contribution is 2.10. The third-order valence-corrected chi connectivity index (χ3v) is 394. The second-order valence-electron chi connectivity index (χ2n) is 19.0. The topological polar surface area (TPSA) is 867 Å². The van der Waals surface area contributed by atoms with Gasteiger partial charge in [0.05, 0.1) is 0 Å². The van der Waals surface area contributed by atoms with Crippen LogP contribution in [0.4, 0.5) is 0 Å². The van der Waals surface area contributed by atoms with E-state index in [1.165, 1.54) is 6.55 Å². The summed E-state index contributed by atoms with van der Waals surface area (Å²) in [5.74, 6) is 0.245. The minimum atomic E-state index is -4.94. The summed E-state index contributed by atoms with van der Waals surface area (Å²) >= 11 is 0. The third-order valence-electron chi connectivity index (χ3n) is 11.8. The lowest BCUT2D eigenvalue weighted by atomic mass is 10.5. The van der Waals surface area contributed by atoms with Crippen LogP contribution in [0.25, 0.3) is 0 Å². The SMILES string of the molecule is CO[Si][Si](=O)[Si](=O)[Si](=O)[Si](=O)[Si](=O)[Si](=O)[Si](=O)[Si](=O)[Si](=O)[Si](=O)[Si](=O)[Si](=O)[Si](=O)[Si](=O)[Si](=O)[Si](=O)[Si](=O)[Si](=O)[Si](=O)[Si](=O)[Si](=O)[Si](=O)[Si](=O)[Si](=O)[Si](=O)[Si](=O)[Si](=O)[Si](=O)[Si](=O)[Si](=O)[Si](=O)[Si](=O)[Si](=O)[Si](=O)[Si](=O)[Si](=O)[Si](=O)[Si](=O)[Si](=O)[Si](=O)[Si](=O)[Si](=O)[Si](=O)[Si](=O)[Si](=O)[Si](=O)[Si](=O)[Si](C)(C=O)CCCNCCN. The van der Waals surface area contributed by atoms with E-state index in [4.69, 9.17) is 5.73 Å². The third kappa shape index (κ3) is 28.5. The van der Waals surface area contributed by atoms with Gasteiger partial charge in [0.25, 0.3) is 9.28 Å². The lowest BCUT2D eigenvalue weighted by Gasteiger charge is -2.15. The quantitative estimate of drug-likeness (QED) is 0.0324. The van der Waals surface area contributed by atoms with Crippen LogP contribution in [-0.4, -0.2) is 412 Å². The van der Waals surface area contributed by atoms with Gasteiger partial charge >= 0.3 is 363 Å². The smallest absolute Gasteiger partial charge is 0.381 e. The number of nitrogens with one attached hydrogen (secondary N) is 1. The molecular weight excluding hydrogens is 2280 g/mol. The molecule has 2 radical (unpaired) electrons. The molecule has 108 heavy (non-hydrogen) atoms. The number of nitrogens with two attached hydrogens (primary N) is 1. The molecule has 0 aliphatic rings. The van der Waals surface area contributed by atoms with E-state index in [2.05, 4.69) is 9.74 Å². The number of carbonyl (C=O) groups excluding carboxylic acids is 1. The Bertz CT molecular complexity index is 4880. The van der Waals surface area contributed by atoms with E-state index < -0.39 is 380 Å². The van der Waals surface area contributed by atoms with E-state index >= 15 is 0 Å². The van der Waals surface area contributed by atoms with Gasteiger partial charge in [0.1, 0.15) is 5.91 Å². The average molecular weight is 2300 g/mol. The van der Waals surface area contributed by atoms with Gasteiger partial charge in [-0.15, -0.1) is 0 Å². The molecule has 0 saturated heterocycles. The highest BCUT2D eigenvalue weighted by molar-refractivity contribution is 7.87. The minimum absolute atomic E-state index is 0.105. The van der Waals surface area contributed by atoms with Crippen molar-refractivity contribution in [1.82, 2.24) is 5.32 Å². The monoisotopic (exact) mass is 2300 g/mol. The standard InChI is InChI=1S/C8H20N2O49Si49/c1-59-60-61(12)62(13)63(14)64(15)65(16)66(17)67(18)68(19)69(20)70(21)71(22)72(23)73(24)74(25)75(26)76(27)77(28)78(29)79(30)80(31)81(32)82(33)83(34)84(35)85(36)86(37)87(38)88(39)89(40)90(41)91(42)92(43)93(44)94(45)95(46)96(47)97(48)98(49)99(50)100(51)101(52)102(53)103(54)104(55)105(56)106(57)107(58)108(2,8-11)7-3-5-10-6-4-9/h8,10H,3-7,9H2,1-2H3. The molecule has 100 heteroatoms. The van der Waals surface area contributed by atoms with Crippen molar-refractivity contribution in [2.45, 2.75) is 19.0 Å². The van der Waals surface area contributed by atoms with Gasteiger partial charge in [0.2, 0.25) is 0 Å². The van der Waals surface area contributed by atoms with Gasteiger partial charge in [-0.2, -0.15) is 0 Å². The number of hydrogen-bond donors (Lipinski definition) is 2. The van der Waals surface area contributed by atoms with Crippen LogP contribution in [0.2, 0.25) is 12.6 Å². The van der Waals surface area contributed by atoms with Crippen molar-refractivity contribution >= 4 is 386 Å². The molecule has 3 N–H and O–H groups in total. The number of carbonyl (C=O) groups is 1. The predicted octanol–water partition coefficient (Wildman–Crippen LogP) is -23.9. The van der Waals surface area contributed by atoms with Gasteiger partial charge in [-0.1, -0.05) is 6.55 Å². The zero-order valence-corrected chi connectivity index (χ0v) is 101. The molecule has 1 unspecified atom stereocenters. The van der Waals surface area contributed by atoms with Gasteiger partial charge in [0.15, 0.2) is 7.59 Å². The summed E-state index contributed by atoms with van der Waals surface area (Å²) in [7, 11) is -223. The molecule has 0 fully saturated rings. The first kappa shape index (κ1) is 109. The maximum absolute atomic E-state index is 13.1. The van der Waals surface area contributed by atoms with Crippen LogP contribution >= 0.6 is 0 Å². The Morgan fingerprint density at radius 3 is 0.519 bits per heavy atom. The molecule has 0 spiro atoms. The molecule has 0 aliphatic carbocycles. The van der Waals surface area contributed by atoms with Gasteiger partial charge in [-0.05, 0) is 19.0 Å². The molecule has 0 aliphatic heterocycles. The van der Waals surface area contributed by atoms with Crippen molar-refractivity contribution in [3.05, 3.63) is 0 Å². The normalized spacial score (nSPS) is 10.7. The molecule has 0 aromatic carbocycles. The first-order valence-corrected chi connectivity index (χ1v) is 144. The van der Waals surface area contributed by atoms with Crippen molar-refractivity contribution < 1.29 is 219 Å². The van der Waals surface area contributed by atoms with Gasteiger partial charge in [-0.3, -0.25) is 0 Å². The fourth-order valence-corrected chi connectivity index (χ4v) is 578. The van der Waals surface area contributed by atoms with Crippen molar-refractivity contribution in [2.24, 2.45) is 5.73 Å². The summed E-state index contributed by atoms with van der Waals surface area (Å²) in [6.45, 7) is 1.96. The van der Waals surface area contributed by atoms with E-state index in [0.29, 0.717) is 6.54 Å². The summed E-state index contributed by atoms with van der Waals surface area (Å²) in [6, 6.07) is -0.105. The molecule has 51 nitrogen and oxygen atoms in total. The summed E-state index contributed by atoms with van der Waals surface area (Å²) in [5, 5.41) is 2.85. The summed E-state index contributed by atoms with van der Waals surface area (Å²) in [5.41, 5.74) is 5.33. The number of rotatable bonds is 56. The van der Waals surface area contributed by atoms with Gasteiger partial charge < -0.3 is 230 Å². The molecule has 0 rings (SSSR count). The molecule has 0 aromatic heterocycles. The maximum Gasteiger partial charge on any atom is 0.381 e. The van der Waals surface area contributed by atoms with E-state index in [9.17, 15) is 215 Å². The number of hydrogen-bond acceptors (Lipinski definition) is 51. The first-order valence-electron chi connectivity index (χ1n) is 26.2. The van der Waals surface area contributed by atoms with E-state index in [1.54, 1.807) is 0 Å². The lowest BCUT2D eigenvalue weighted by molar-refractivity contribution is 0.449. The van der Waals surface area contributed by atoms with E-state index in [1.807, 2.05) is 0 Å². The van der Waals surface area contributed by atoms with Crippen LogP contribution in [0.15, 0.2) is 0 Å². The Kier molecular flexibility index (Phi) is 50.4. The van der Waals surface area contributed by atoms with Crippen LogP contribution in [0.3, 0.4) is 0 Å². The second kappa shape index (κ2) is 50.0. The fourth-order valence-electron chi connectivity index (χ4n) is 6.07. The summed E-state index contributed by atoms with van der Waals surface area (Å²) in [4.78, 5) is 11.9. The molecular formula is C8H20N2O49Si49. The maximum atomic E-state index is 13.1. The summed E-state index contributed by atoms with van der Waals surface area (Å²) < 4.78 is 606. The predicted molar refractivity (Wildman–Crippen MR) is 365 cm³/mol. The zero-order valence-electron chi connectivity index (χ0n) is 51.7. The fraction of sp³-hybridized carbons (Fsp3) is 0.875. The van der Waals surface area contributed by atoms with E-state index in [0.717, 1.165) is 7.11 Å². The van der Waals surface area contributed by atoms with Crippen LogP contribution < -0.4 is 11.1 Å². The van der Waals surface area contributed by atoms with Crippen molar-refractivity contribution in [1.29, 1.82) is 0 Å². The Labute approximate surface area is 653 Å². The molecule has 0 bridgehead atoms. The second-order valence-corrected chi connectivity index (χ2v) is 257.